The van der Waals surface area contributed by atoms with Gasteiger partial charge >= 0.3 is 0 Å². The van der Waals surface area contributed by atoms with Crippen LogP contribution in [0.1, 0.15) is 30.0 Å². The molecule has 3 heteroatoms. The normalized spacial score (nSPS) is 14.8. The number of para-hydroxylation sites is 1. The first-order valence-corrected chi connectivity index (χ1v) is 7.92. The summed E-state index contributed by atoms with van der Waals surface area (Å²) in [6, 6.07) is 17.9. The minimum absolute atomic E-state index is 0.603. The summed E-state index contributed by atoms with van der Waals surface area (Å²) < 4.78 is 2.37. The van der Waals surface area contributed by atoms with Gasteiger partial charge in [0.1, 0.15) is 0 Å². The topological polar surface area (TPSA) is 4.93 Å². The Balaban J connectivity index is 1.81. The number of hydrogen-bond acceptors (Lipinski definition) is 0. The van der Waals surface area contributed by atoms with Crippen molar-refractivity contribution in [1.82, 2.24) is 4.57 Å². The lowest BCUT2D eigenvalue weighted by atomic mass is 10.2. The molecule has 21 heavy (non-hydrogen) atoms. The Kier molecular flexibility index (Phi) is 3.20. The van der Waals surface area contributed by atoms with Crippen LogP contribution in [0.15, 0.2) is 42.5 Å². The van der Waals surface area contributed by atoms with Crippen LogP contribution in [-0.2, 0) is 6.54 Å². The third-order valence-electron chi connectivity index (χ3n) is 4.04. The van der Waals surface area contributed by atoms with Crippen molar-refractivity contribution in [2.75, 3.05) is 0 Å². The Morgan fingerprint density at radius 1 is 1.05 bits per heavy atom. The molecule has 1 aliphatic rings. The van der Waals surface area contributed by atoms with Crippen LogP contribution in [0.2, 0.25) is 10.0 Å². The van der Waals surface area contributed by atoms with Crippen molar-refractivity contribution >= 4 is 34.1 Å². The molecule has 1 heterocycles. The zero-order valence-corrected chi connectivity index (χ0v) is 13.0. The van der Waals surface area contributed by atoms with E-state index in [2.05, 4.69) is 34.9 Å². The van der Waals surface area contributed by atoms with Gasteiger partial charge in [0, 0.05) is 29.2 Å². The van der Waals surface area contributed by atoms with Gasteiger partial charge < -0.3 is 4.57 Å². The highest BCUT2D eigenvalue weighted by Gasteiger charge is 2.28. The standard InChI is InChI=1S/C18H14Cl2N/c19-15-8-5-12(9-16(15)20)11-21-17-4-2-1-3-14(17)10-18(21)13-6-7-13/h1-5,8-9,13H,6-7,11H2. The summed E-state index contributed by atoms with van der Waals surface area (Å²) in [7, 11) is 0. The van der Waals surface area contributed by atoms with E-state index in [9.17, 15) is 0 Å². The molecule has 0 atom stereocenters. The van der Waals surface area contributed by atoms with Gasteiger partial charge in [0.2, 0.25) is 0 Å². The maximum atomic E-state index is 6.14. The molecule has 1 radical (unpaired) electrons. The molecule has 1 fully saturated rings. The van der Waals surface area contributed by atoms with Crippen molar-refractivity contribution in [3.63, 3.8) is 0 Å². The second-order valence-corrected chi connectivity index (χ2v) is 6.45. The average Bonchev–Trinajstić information content (AvgIpc) is 3.27. The molecule has 0 unspecified atom stereocenters. The Hall–Kier alpha value is -1.44. The highest BCUT2D eigenvalue weighted by atomic mass is 35.5. The van der Waals surface area contributed by atoms with Crippen LogP contribution in [0.4, 0.5) is 0 Å². The van der Waals surface area contributed by atoms with Crippen LogP contribution in [0, 0.1) is 6.07 Å². The van der Waals surface area contributed by atoms with Crippen LogP contribution in [0.3, 0.4) is 0 Å². The minimum atomic E-state index is 0.603. The highest BCUT2D eigenvalue weighted by Crippen LogP contribution is 2.42. The zero-order valence-electron chi connectivity index (χ0n) is 11.4. The van der Waals surface area contributed by atoms with Gasteiger partial charge in [-0.2, -0.15) is 0 Å². The Morgan fingerprint density at radius 2 is 1.86 bits per heavy atom. The number of nitrogens with zero attached hydrogens (tertiary/aromatic N) is 1. The number of benzene rings is 2. The van der Waals surface area contributed by atoms with Gasteiger partial charge in [0.25, 0.3) is 0 Å². The second-order valence-electron chi connectivity index (χ2n) is 5.64. The molecule has 1 nitrogen and oxygen atoms in total. The van der Waals surface area contributed by atoms with Gasteiger partial charge in [-0.15, -0.1) is 0 Å². The van der Waals surface area contributed by atoms with Crippen molar-refractivity contribution in [2.45, 2.75) is 25.3 Å². The second kappa shape index (κ2) is 5.08. The fraction of sp³-hybridized carbons (Fsp3) is 0.222. The van der Waals surface area contributed by atoms with Crippen molar-refractivity contribution in [1.29, 1.82) is 0 Å². The van der Waals surface area contributed by atoms with Crippen molar-refractivity contribution in [2.24, 2.45) is 0 Å². The molecule has 1 aromatic heterocycles. The van der Waals surface area contributed by atoms with Crippen molar-refractivity contribution < 1.29 is 0 Å². The smallest absolute Gasteiger partial charge is 0.0595 e. The lowest BCUT2D eigenvalue weighted by molar-refractivity contribution is 0.770. The number of aromatic nitrogens is 1. The van der Waals surface area contributed by atoms with Crippen LogP contribution < -0.4 is 0 Å². The van der Waals surface area contributed by atoms with Gasteiger partial charge in [-0.1, -0.05) is 47.5 Å². The summed E-state index contributed by atoms with van der Waals surface area (Å²) >= 11 is 12.1. The quantitative estimate of drug-likeness (QED) is 0.586. The third-order valence-corrected chi connectivity index (χ3v) is 4.78. The first kappa shape index (κ1) is 13.2. The van der Waals surface area contributed by atoms with E-state index < -0.39 is 0 Å². The number of rotatable bonds is 3. The summed E-state index contributed by atoms with van der Waals surface area (Å²) in [6.45, 7) is 0.812. The molecule has 1 aliphatic carbocycles. The van der Waals surface area contributed by atoms with E-state index in [4.69, 9.17) is 23.2 Å². The largest absolute Gasteiger partial charge is 0.339 e. The summed E-state index contributed by atoms with van der Waals surface area (Å²) in [6.07, 6.45) is 2.54. The predicted octanol–water partition coefficient (Wildman–Crippen LogP) is 5.67. The third kappa shape index (κ3) is 2.45. The summed E-state index contributed by atoms with van der Waals surface area (Å²) in [5.74, 6) is 0.667. The molecule has 0 N–H and O–H groups in total. The van der Waals surface area contributed by atoms with Gasteiger partial charge in [-0.25, -0.2) is 0 Å². The predicted molar refractivity (Wildman–Crippen MR) is 88.3 cm³/mol. The summed E-state index contributed by atoms with van der Waals surface area (Å²) in [4.78, 5) is 0. The average molecular weight is 315 g/mol. The fourth-order valence-corrected chi connectivity index (χ4v) is 3.14. The first-order valence-electron chi connectivity index (χ1n) is 7.17. The van der Waals surface area contributed by atoms with Gasteiger partial charge in [-0.3, -0.25) is 0 Å². The van der Waals surface area contributed by atoms with E-state index in [0.717, 1.165) is 6.54 Å². The van der Waals surface area contributed by atoms with E-state index in [1.54, 1.807) is 0 Å². The van der Waals surface area contributed by atoms with E-state index in [1.807, 2.05) is 18.2 Å². The molecular formula is C18H14Cl2N. The molecule has 2 aromatic carbocycles. The van der Waals surface area contributed by atoms with E-state index in [1.165, 1.54) is 35.0 Å². The molecule has 0 aliphatic heterocycles. The van der Waals surface area contributed by atoms with Gasteiger partial charge in [-0.05, 0) is 42.5 Å². The number of hydrogen-bond donors (Lipinski definition) is 0. The maximum absolute atomic E-state index is 6.14. The molecule has 4 rings (SSSR count). The minimum Gasteiger partial charge on any atom is -0.339 e. The molecule has 0 bridgehead atoms. The monoisotopic (exact) mass is 314 g/mol. The van der Waals surface area contributed by atoms with Crippen LogP contribution in [-0.4, -0.2) is 4.57 Å². The van der Waals surface area contributed by atoms with Crippen molar-refractivity contribution in [3.8, 4) is 0 Å². The lowest BCUT2D eigenvalue weighted by Crippen LogP contribution is -2.03. The van der Waals surface area contributed by atoms with E-state index in [0.29, 0.717) is 16.0 Å². The molecule has 1 saturated carbocycles. The Labute approximate surface area is 134 Å². The molecule has 3 aromatic rings. The summed E-state index contributed by atoms with van der Waals surface area (Å²) in [5, 5.41) is 2.41. The van der Waals surface area contributed by atoms with E-state index in [-0.39, 0.29) is 0 Å². The number of halogens is 2. The zero-order chi connectivity index (χ0) is 14.4. The molecular weight excluding hydrogens is 301 g/mol. The Bertz CT molecular complexity index is 815. The van der Waals surface area contributed by atoms with Crippen LogP contribution in [0.25, 0.3) is 10.9 Å². The SMILES string of the molecule is Clc1ccc(Cn2c(C3CC3)[c]c3ccccc32)cc1Cl. The first-order chi connectivity index (χ1) is 10.2. The fourth-order valence-electron chi connectivity index (χ4n) is 2.82. The van der Waals surface area contributed by atoms with E-state index >= 15 is 0 Å². The van der Waals surface area contributed by atoms with Gasteiger partial charge in [0.05, 0.1) is 10.0 Å². The molecule has 0 amide bonds. The highest BCUT2D eigenvalue weighted by molar-refractivity contribution is 6.42. The van der Waals surface area contributed by atoms with Crippen molar-refractivity contribution in [3.05, 3.63) is 69.8 Å². The summed E-state index contributed by atoms with van der Waals surface area (Å²) in [5.41, 5.74) is 3.73. The Morgan fingerprint density at radius 3 is 2.62 bits per heavy atom. The molecule has 0 saturated heterocycles. The van der Waals surface area contributed by atoms with Crippen LogP contribution >= 0.6 is 23.2 Å². The maximum Gasteiger partial charge on any atom is 0.0595 e. The van der Waals surface area contributed by atoms with Crippen LogP contribution in [0.5, 0.6) is 0 Å². The number of fused-ring (bicyclic) bond motifs is 1. The lowest BCUT2D eigenvalue weighted by Gasteiger charge is -2.11. The van der Waals surface area contributed by atoms with Gasteiger partial charge in [0.15, 0.2) is 0 Å². The molecule has 0 spiro atoms. The molecule has 105 valence electrons.